The predicted octanol–water partition coefficient (Wildman–Crippen LogP) is 5.43. The lowest BCUT2D eigenvalue weighted by molar-refractivity contribution is 0.628. The Bertz CT molecular complexity index is 913. The minimum absolute atomic E-state index is 0.342. The molecule has 0 atom stereocenters. The van der Waals surface area contributed by atoms with Gasteiger partial charge in [-0.3, -0.25) is 5.43 Å². The van der Waals surface area contributed by atoms with Gasteiger partial charge in [-0.25, -0.2) is 9.37 Å². The van der Waals surface area contributed by atoms with Crippen LogP contribution in [0.5, 0.6) is 0 Å². The number of aromatic nitrogens is 2. The zero-order valence-electron chi connectivity index (χ0n) is 14.0. The van der Waals surface area contributed by atoms with E-state index in [0.29, 0.717) is 16.3 Å². The first kappa shape index (κ1) is 17.2. The second-order valence-corrected chi connectivity index (χ2v) is 6.15. The summed E-state index contributed by atoms with van der Waals surface area (Å²) in [6.45, 7) is 7.43. The smallest absolute Gasteiger partial charge is 0.125 e. The van der Waals surface area contributed by atoms with Crippen LogP contribution in [0.3, 0.4) is 0 Å². The monoisotopic (exact) mass is 356 g/mol. The van der Waals surface area contributed by atoms with Gasteiger partial charge in [-0.1, -0.05) is 24.6 Å². The van der Waals surface area contributed by atoms with Crippen molar-refractivity contribution in [2.24, 2.45) is 5.10 Å². The van der Waals surface area contributed by atoms with Crippen LogP contribution >= 0.6 is 11.6 Å². The summed E-state index contributed by atoms with van der Waals surface area (Å²) in [6, 6.07) is 10.3. The molecule has 3 rings (SSSR count). The van der Waals surface area contributed by atoms with E-state index >= 15 is 0 Å². The average Bonchev–Trinajstić information content (AvgIpc) is 3.00. The van der Waals surface area contributed by atoms with Gasteiger partial charge < -0.3 is 4.98 Å². The Labute approximate surface area is 150 Å². The first-order valence-corrected chi connectivity index (χ1v) is 8.27. The van der Waals surface area contributed by atoms with E-state index in [0.717, 1.165) is 34.8 Å². The van der Waals surface area contributed by atoms with Crippen LogP contribution in [-0.2, 0) is 6.42 Å². The highest BCUT2D eigenvalue weighted by Crippen LogP contribution is 2.33. The van der Waals surface area contributed by atoms with Gasteiger partial charge >= 0.3 is 0 Å². The van der Waals surface area contributed by atoms with Crippen LogP contribution in [0.4, 0.5) is 10.1 Å². The highest BCUT2D eigenvalue weighted by Gasteiger charge is 2.15. The van der Waals surface area contributed by atoms with E-state index in [9.17, 15) is 4.39 Å². The molecule has 6 heteroatoms. The van der Waals surface area contributed by atoms with Crippen molar-refractivity contribution >= 4 is 24.0 Å². The second-order valence-electron chi connectivity index (χ2n) is 5.72. The topological polar surface area (TPSA) is 53.1 Å². The van der Waals surface area contributed by atoms with Gasteiger partial charge in [0.05, 0.1) is 17.1 Å². The normalized spacial score (nSPS) is 10.7. The summed E-state index contributed by atoms with van der Waals surface area (Å²) in [5.41, 5.74) is 7.86. The van der Waals surface area contributed by atoms with Crippen molar-refractivity contribution in [1.82, 2.24) is 9.97 Å². The first-order chi connectivity index (χ1) is 12.0. The minimum atomic E-state index is -0.387. The Morgan fingerprint density at radius 1 is 1.24 bits per heavy atom. The number of nitrogens with zero attached hydrogens (tertiary/aromatic N) is 2. The van der Waals surface area contributed by atoms with Gasteiger partial charge in [0.2, 0.25) is 0 Å². The highest BCUT2D eigenvalue weighted by atomic mass is 35.5. The van der Waals surface area contributed by atoms with E-state index in [-0.39, 0.29) is 5.82 Å². The predicted molar refractivity (Wildman–Crippen MR) is 102 cm³/mol. The van der Waals surface area contributed by atoms with Gasteiger partial charge in [0.1, 0.15) is 11.6 Å². The molecule has 0 bridgehead atoms. The number of benzene rings is 2. The molecule has 2 N–H and O–H groups in total. The molecule has 0 aliphatic rings. The maximum atomic E-state index is 13.8. The Morgan fingerprint density at radius 3 is 2.68 bits per heavy atom. The maximum absolute atomic E-state index is 13.8. The average molecular weight is 357 g/mol. The summed E-state index contributed by atoms with van der Waals surface area (Å²) in [5, 5.41) is 4.04. The van der Waals surface area contributed by atoms with E-state index in [1.165, 1.54) is 12.1 Å². The Balaban J connectivity index is 2.15. The molecule has 0 saturated heterocycles. The summed E-state index contributed by atoms with van der Waals surface area (Å²) < 4.78 is 13.8. The molecule has 0 aliphatic carbocycles. The van der Waals surface area contributed by atoms with E-state index in [2.05, 4.69) is 27.2 Å². The lowest BCUT2D eigenvalue weighted by Gasteiger charge is -2.09. The molecule has 0 amide bonds. The number of halogens is 2. The summed E-state index contributed by atoms with van der Waals surface area (Å²) in [7, 11) is 0. The van der Waals surface area contributed by atoms with Gasteiger partial charge in [0, 0.05) is 29.3 Å². The molecule has 3 aromatic rings. The molecular formula is C19H18ClFN4. The molecule has 128 valence electrons. The van der Waals surface area contributed by atoms with E-state index in [1.807, 2.05) is 32.0 Å². The highest BCUT2D eigenvalue weighted by molar-refractivity contribution is 6.30. The zero-order chi connectivity index (χ0) is 18.0. The number of aromatic amines is 1. The number of aryl methyl sites for hydroxylation is 2. The third-order valence-electron chi connectivity index (χ3n) is 3.94. The van der Waals surface area contributed by atoms with Crippen LogP contribution < -0.4 is 5.43 Å². The van der Waals surface area contributed by atoms with Crippen molar-refractivity contribution in [1.29, 1.82) is 0 Å². The van der Waals surface area contributed by atoms with Crippen molar-refractivity contribution in [2.45, 2.75) is 20.3 Å². The van der Waals surface area contributed by atoms with Gasteiger partial charge in [-0.15, -0.1) is 0 Å². The molecule has 4 nitrogen and oxygen atoms in total. The van der Waals surface area contributed by atoms with Crippen molar-refractivity contribution in [3.05, 3.63) is 58.6 Å². The zero-order valence-corrected chi connectivity index (χ0v) is 14.8. The third kappa shape index (κ3) is 3.56. The fourth-order valence-corrected chi connectivity index (χ4v) is 2.95. The standard InChI is InChI=1S/C19H18ClFN4/c1-4-17-23-18(12-5-6-16(25-22-3)11(2)7-12)19(24-17)13-8-14(20)10-15(21)9-13/h5-10,25H,3-4H2,1-2H3,(H,23,24). The van der Waals surface area contributed by atoms with Gasteiger partial charge in [-0.05, 0) is 42.8 Å². The number of hydrogen-bond acceptors (Lipinski definition) is 3. The van der Waals surface area contributed by atoms with Crippen molar-refractivity contribution < 1.29 is 4.39 Å². The molecule has 0 unspecified atom stereocenters. The number of rotatable bonds is 5. The molecule has 1 heterocycles. The maximum Gasteiger partial charge on any atom is 0.125 e. The van der Waals surface area contributed by atoms with Crippen LogP contribution in [-0.4, -0.2) is 16.7 Å². The lowest BCUT2D eigenvalue weighted by atomic mass is 10.0. The largest absolute Gasteiger partial charge is 0.341 e. The molecule has 25 heavy (non-hydrogen) atoms. The van der Waals surface area contributed by atoms with Gasteiger partial charge in [-0.2, -0.15) is 5.10 Å². The number of hydrazone groups is 1. The van der Waals surface area contributed by atoms with Crippen molar-refractivity contribution in [3.63, 3.8) is 0 Å². The van der Waals surface area contributed by atoms with Crippen molar-refractivity contribution in [3.8, 4) is 22.5 Å². The Hall–Kier alpha value is -2.66. The van der Waals surface area contributed by atoms with Crippen LogP contribution in [0.25, 0.3) is 22.5 Å². The quantitative estimate of drug-likeness (QED) is 0.472. The molecule has 0 saturated carbocycles. The number of imidazole rings is 1. The number of anilines is 1. The van der Waals surface area contributed by atoms with E-state index in [1.54, 1.807) is 6.07 Å². The number of H-pyrrole nitrogens is 1. The molecule has 0 fully saturated rings. The lowest BCUT2D eigenvalue weighted by Crippen LogP contribution is -1.92. The molecular weight excluding hydrogens is 339 g/mol. The molecule has 2 aromatic carbocycles. The molecule has 0 radical (unpaired) electrons. The van der Waals surface area contributed by atoms with E-state index < -0.39 is 0 Å². The van der Waals surface area contributed by atoms with Crippen LogP contribution in [0, 0.1) is 12.7 Å². The molecule has 0 aliphatic heterocycles. The second kappa shape index (κ2) is 7.07. The van der Waals surface area contributed by atoms with E-state index in [4.69, 9.17) is 11.6 Å². The van der Waals surface area contributed by atoms with Gasteiger partial charge in [0.25, 0.3) is 0 Å². The SMILES string of the molecule is C=NNc1ccc(-c2[nH]c(CC)nc2-c2cc(F)cc(Cl)c2)cc1C. The summed E-state index contributed by atoms with van der Waals surface area (Å²) in [4.78, 5) is 7.95. The molecule has 0 spiro atoms. The van der Waals surface area contributed by atoms with Crippen molar-refractivity contribution in [2.75, 3.05) is 5.43 Å². The summed E-state index contributed by atoms with van der Waals surface area (Å²) in [5.74, 6) is 0.445. The fraction of sp³-hybridized carbons (Fsp3) is 0.158. The first-order valence-electron chi connectivity index (χ1n) is 7.90. The summed E-state index contributed by atoms with van der Waals surface area (Å²) >= 11 is 6.02. The summed E-state index contributed by atoms with van der Waals surface area (Å²) in [6.07, 6.45) is 0.745. The van der Waals surface area contributed by atoms with Gasteiger partial charge in [0.15, 0.2) is 0 Å². The van der Waals surface area contributed by atoms with Crippen LogP contribution in [0.1, 0.15) is 18.3 Å². The number of nitrogens with one attached hydrogen (secondary N) is 2. The molecule has 1 aromatic heterocycles. The fourth-order valence-electron chi connectivity index (χ4n) is 2.73. The number of hydrogen-bond donors (Lipinski definition) is 2. The third-order valence-corrected chi connectivity index (χ3v) is 4.16. The minimum Gasteiger partial charge on any atom is -0.341 e. The Kier molecular flexibility index (Phi) is 4.86. The van der Waals surface area contributed by atoms with Crippen LogP contribution in [0.2, 0.25) is 5.02 Å². The Morgan fingerprint density at radius 2 is 2.04 bits per heavy atom. The van der Waals surface area contributed by atoms with Crippen LogP contribution in [0.15, 0.2) is 41.5 Å².